The molecule has 2 aromatic heterocycles. The van der Waals surface area contributed by atoms with Gasteiger partial charge >= 0.3 is 0 Å². The highest BCUT2D eigenvalue weighted by Gasteiger charge is 2.33. The Morgan fingerprint density at radius 2 is 1.87 bits per heavy atom. The summed E-state index contributed by atoms with van der Waals surface area (Å²) in [5, 5.41) is 12.1. The van der Waals surface area contributed by atoms with Crippen molar-refractivity contribution >= 4 is 53.1 Å². The minimum atomic E-state index is -1.24. The third-order valence-electron chi connectivity index (χ3n) is 7.12. The number of ketones is 1. The number of nitrogens with one attached hydrogen (secondary N) is 1. The van der Waals surface area contributed by atoms with E-state index in [4.69, 9.17) is 9.84 Å². The second-order valence-corrected chi connectivity index (χ2v) is 16.9. The molecule has 1 N–H and O–H groups in total. The van der Waals surface area contributed by atoms with E-state index in [9.17, 15) is 14.0 Å². The fraction of sp³-hybridized carbons (Fsp3) is 0.407. The molecule has 12 heteroatoms. The Hall–Kier alpha value is -3.64. The number of fused-ring (bicyclic) bond motifs is 2. The maximum Gasteiger partial charge on any atom is 0.261 e. The Morgan fingerprint density at radius 1 is 1.13 bits per heavy atom. The molecule has 0 atom stereocenters. The number of carbonyl (C=O) groups excluding carboxylic acids is 2. The lowest BCUT2D eigenvalue weighted by atomic mass is 9.96. The fourth-order valence-corrected chi connectivity index (χ4v) is 5.39. The van der Waals surface area contributed by atoms with Gasteiger partial charge in [-0.25, -0.2) is 13.5 Å². The molecule has 0 saturated carbocycles. The average molecular weight is 555 g/mol. The molecule has 4 aromatic rings. The largest absolute Gasteiger partial charge is 0.360 e. The van der Waals surface area contributed by atoms with Gasteiger partial charge in [0, 0.05) is 52.0 Å². The van der Waals surface area contributed by atoms with Crippen molar-refractivity contribution < 1.29 is 23.1 Å². The number of aryl methyl sites for hydroxylation is 1. The Kier molecular flexibility index (Phi) is 7.02. The Morgan fingerprint density at radius 3 is 2.56 bits per heavy atom. The molecule has 1 amide bonds. The van der Waals surface area contributed by atoms with Gasteiger partial charge in [-0.2, -0.15) is 10.2 Å². The van der Waals surface area contributed by atoms with Crippen LogP contribution in [0.4, 0.5) is 20.3 Å². The van der Waals surface area contributed by atoms with Gasteiger partial charge in [0.1, 0.15) is 29.7 Å². The first kappa shape index (κ1) is 26.9. The summed E-state index contributed by atoms with van der Waals surface area (Å²) in [6, 6.07) is 7.32. The number of anilines is 2. The van der Waals surface area contributed by atoms with Crippen molar-refractivity contribution in [2.24, 2.45) is 13.0 Å². The van der Waals surface area contributed by atoms with Crippen molar-refractivity contribution in [3.8, 4) is 0 Å². The minimum absolute atomic E-state index is 0.0468. The molecule has 2 aromatic carbocycles. The SMILES string of the molecule is CC(=O)C1CN(c2nn(COCC[Si](C)(C)C)c3ccc(NC(=O)c4c(F)cc5c(cnn5C)c4F)cc23)C1. The van der Waals surface area contributed by atoms with Gasteiger partial charge in [-0.3, -0.25) is 14.3 Å². The number of hydrogen-bond donors (Lipinski definition) is 1. The Labute approximate surface area is 225 Å². The predicted octanol–water partition coefficient (Wildman–Crippen LogP) is 4.79. The number of halogens is 2. The summed E-state index contributed by atoms with van der Waals surface area (Å²) in [6.07, 6.45) is 1.26. The number of Topliss-reactive ketones (excluding diaryl/α,β-unsaturated/α-hetero) is 1. The van der Waals surface area contributed by atoms with Gasteiger partial charge in [0.15, 0.2) is 5.82 Å². The number of hydrogen-bond acceptors (Lipinski definition) is 6. The molecule has 206 valence electrons. The first-order valence-electron chi connectivity index (χ1n) is 12.9. The van der Waals surface area contributed by atoms with Crippen molar-refractivity contribution in [1.29, 1.82) is 0 Å². The zero-order chi connectivity index (χ0) is 28.1. The maximum absolute atomic E-state index is 15.1. The third-order valence-corrected chi connectivity index (χ3v) is 8.83. The topological polar surface area (TPSA) is 94.3 Å². The Bertz CT molecular complexity index is 1590. The molecule has 1 fully saturated rings. The lowest BCUT2D eigenvalue weighted by Crippen LogP contribution is -2.50. The van der Waals surface area contributed by atoms with Crippen LogP contribution in [0.25, 0.3) is 21.8 Å². The van der Waals surface area contributed by atoms with Gasteiger partial charge in [0.2, 0.25) is 0 Å². The van der Waals surface area contributed by atoms with E-state index in [1.54, 1.807) is 36.9 Å². The zero-order valence-corrected chi connectivity index (χ0v) is 23.7. The van der Waals surface area contributed by atoms with Crippen molar-refractivity contribution in [1.82, 2.24) is 19.6 Å². The van der Waals surface area contributed by atoms with Gasteiger partial charge in [-0.05, 0) is 31.2 Å². The summed E-state index contributed by atoms with van der Waals surface area (Å²) >= 11 is 0. The van der Waals surface area contributed by atoms with Gasteiger partial charge in [-0.15, -0.1) is 0 Å². The molecule has 9 nitrogen and oxygen atoms in total. The van der Waals surface area contributed by atoms with Crippen molar-refractivity contribution in [2.75, 3.05) is 29.9 Å². The lowest BCUT2D eigenvalue weighted by Gasteiger charge is -2.38. The molecule has 3 heterocycles. The quantitative estimate of drug-likeness (QED) is 0.236. The summed E-state index contributed by atoms with van der Waals surface area (Å²) in [5.41, 5.74) is 0.734. The van der Waals surface area contributed by atoms with E-state index < -0.39 is 31.2 Å². The number of carbonyl (C=O) groups is 2. The van der Waals surface area contributed by atoms with E-state index in [0.29, 0.717) is 31.2 Å². The molecule has 5 rings (SSSR count). The molecule has 39 heavy (non-hydrogen) atoms. The van der Waals surface area contributed by atoms with Crippen molar-refractivity contribution in [2.45, 2.75) is 39.3 Å². The summed E-state index contributed by atoms with van der Waals surface area (Å²) in [5.74, 6) is -2.08. The smallest absolute Gasteiger partial charge is 0.261 e. The van der Waals surface area contributed by atoms with Gasteiger partial charge in [-0.1, -0.05) is 19.6 Å². The molecule has 1 aliphatic rings. The third kappa shape index (κ3) is 5.30. The molecule has 0 bridgehead atoms. The number of rotatable bonds is 9. The van der Waals surface area contributed by atoms with E-state index in [-0.39, 0.29) is 29.3 Å². The highest BCUT2D eigenvalue weighted by atomic mass is 28.3. The zero-order valence-electron chi connectivity index (χ0n) is 22.7. The van der Waals surface area contributed by atoms with Crippen LogP contribution in [0.1, 0.15) is 17.3 Å². The molecule has 0 aliphatic carbocycles. The van der Waals surface area contributed by atoms with Crippen LogP contribution in [0.3, 0.4) is 0 Å². The van der Waals surface area contributed by atoms with Crippen LogP contribution < -0.4 is 10.2 Å². The second kappa shape index (κ2) is 10.2. The minimum Gasteiger partial charge on any atom is -0.360 e. The second-order valence-electron chi connectivity index (χ2n) is 11.3. The highest BCUT2D eigenvalue weighted by molar-refractivity contribution is 6.76. The normalized spacial score (nSPS) is 14.3. The maximum atomic E-state index is 15.1. The summed E-state index contributed by atoms with van der Waals surface area (Å²) in [7, 11) is 0.328. The monoisotopic (exact) mass is 554 g/mol. The standard InChI is InChI=1S/C27H32F2N6O3Si/c1-16(36)17-13-34(14-17)26-19-10-18(6-7-22(19)35(32-26)15-38-8-9-39(3,4)5)31-27(37)24-21(28)11-23-20(25(24)29)12-30-33(23)2/h6-7,10-12,17H,8-9,13-15H2,1-5H3,(H,31,37). The van der Waals surface area contributed by atoms with Crippen LogP contribution in [0.2, 0.25) is 25.7 Å². The predicted molar refractivity (Wildman–Crippen MR) is 149 cm³/mol. The molecule has 1 aliphatic heterocycles. The highest BCUT2D eigenvalue weighted by Crippen LogP contribution is 2.34. The summed E-state index contributed by atoms with van der Waals surface area (Å²) < 4.78 is 38.9. The average Bonchev–Trinajstić information content (AvgIpc) is 3.35. The van der Waals surface area contributed by atoms with Crippen LogP contribution in [0.5, 0.6) is 0 Å². The van der Waals surface area contributed by atoms with Crippen LogP contribution in [-0.4, -0.2) is 59.0 Å². The lowest BCUT2D eigenvalue weighted by molar-refractivity contribution is -0.121. The van der Waals surface area contributed by atoms with E-state index in [2.05, 4.69) is 30.1 Å². The molecule has 0 radical (unpaired) electrons. The van der Waals surface area contributed by atoms with Crippen molar-refractivity contribution in [3.63, 3.8) is 0 Å². The first-order chi connectivity index (χ1) is 18.4. The number of aromatic nitrogens is 4. The van der Waals surface area contributed by atoms with Crippen LogP contribution >= 0.6 is 0 Å². The summed E-state index contributed by atoms with van der Waals surface area (Å²) in [6.45, 7) is 10.4. The molecular formula is C27H32F2N6O3Si. The van der Waals surface area contributed by atoms with E-state index in [1.807, 2.05) is 4.90 Å². The van der Waals surface area contributed by atoms with Gasteiger partial charge < -0.3 is 15.0 Å². The van der Waals surface area contributed by atoms with E-state index in [0.717, 1.165) is 23.0 Å². The van der Waals surface area contributed by atoms with Crippen LogP contribution in [-0.2, 0) is 23.3 Å². The number of benzene rings is 2. The number of amides is 1. The van der Waals surface area contributed by atoms with E-state index >= 15 is 4.39 Å². The fourth-order valence-electron chi connectivity index (χ4n) is 4.63. The molecule has 0 spiro atoms. The first-order valence-corrected chi connectivity index (χ1v) is 16.6. The summed E-state index contributed by atoms with van der Waals surface area (Å²) in [4.78, 5) is 26.8. The number of ether oxygens (including phenoxy) is 1. The van der Waals surface area contributed by atoms with Crippen molar-refractivity contribution in [3.05, 3.63) is 47.7 Å². The van der Waals surface area contributed by atoms with Gasteiger partial charge in [0.05, 0.1) is 28.5 Å². The molecule has 0 unspecified atom stereocenters. The van der Waals surface area contributed by atoms with E-state index in [1.165, 1.54) is 10.9 Å². The molecule has 1 saturated heterocycles. The van der Waals surface area contributed by atoms with Crippen LogP contribution in [0.15, 0.2) is 30.5 Å². The Balaban J connectivity index is 1.43. The number of nitrogens with zero attached hydrogens (tertiary/aromatic N) is 5. The van der Waals surface area contributed by atoms with Crippen LogP contribution in [0, 0.1) is 17.6 Å². The molecular weight excluding hydrogens is 522 g/mol. The van der Waals surface area contributed by atoms with Gasteiger partial charge in [0.25, 0.3) is 5.91 Å².